The standard InChI is InChI=1S/C12H18N2O3S/c1-9-7-10(8-17-9)12(15)14(5-6-16-2)4-3-11(13)18/h7-8H,3-6H2,1-2H3,(H2,13,18). The zero-order valence-electron chi connectivity index (χ0n) is 10.6. The minimum absolute atomic E-state index is 0.0971. The molecule has 0 aliphatic carbocycles. The number of nitrogens with two attached hydrogens (primary N) is 1. The van der Waals surface area contributed by atoms with Crippen LogP contribution in [0.2, 0.25) is 0 Å². The molecule has 0 aromatic carbocycles. The number of hydrogen-bond donors (Lipinski definition) is 1. The van der Waals surface area contributed by atoms with Gasteiger partial charge >= 0.3 is 0 Å². The molecule has 0 unspecified atom stereocenters. The summed E-state index contributed by atoms with van der Waals surface area (Å²) in [5, 5.41) is 0. The summed E-state index contributed by atoms with van der Waals surface area (Å²) in [7, 11) is 1.60. The van der Waals surface area contributed by atoms with Crippen molar-refractivity contribution in [1.82, 2.24) is 4.90 Å². The largest absolute Gasteiger partial charge is 0.469 e. The molecule has 0 saturated heterocycles. The van der Waals surface area contributed by atoms with E-state index < -0.39 is 0 Å². The Morgan fingerprint density at radius 1 is 1.56 bits per heavy atom. The maximum Gasteiger partial charge on any atom is 0.257 e. The van der Waals surface area contributed by atoms with E-state index in [4.69, 9.17) is 27.1 Å². The van der Waals surface area contributed by atoms with Crippen LogP contribution in [0.5, 0.6) is 0 Å². The number of carbonyl (C=O) groups excluding carboxylic acids is 1. The van der Waals surface area contributed by atoms with Gasteiger partial charge in [0.1, 0.15) is 12.0 Å². The van der Waals surface area contributed by atoms with E-state index in [2.05, 4.69) is 0 Å². The van der Waals surface area contributed by atoms with E-state index in [1.54, 1.807) is 25.0 Å². The predicted molar refractivity (Wildman–Crippen MR) is 72.6 cm³/mol. The number of amides is 1. The van der Waals surface area contributed by atoms with E-state index in [9.17, 15) is 4.79 Å². The number of furan rings is 1. The summed E-state index contributed by atoms with van der Waals surface area (Å²) < 4.78 is 10.1. The number of carbonyl (C=O) groups is 1. The van der Waals surface area contributed by atoms with Gasteiger partial charge in [-0.25, -0.2) is 0 Å². The van der Waals surface area contributed by atoms with Crippen molar-refractivity contribution in [2.75, 3.05) is 26.8 Å². The van der Waals surface area contributed by atoms with Crippen LogP contribution < -0.4 is 5.73 Å². The van der Waals surface area contributed by atoms with Crippen LogP contribution in [0.3, 0.4) is 0 Å². The van der Waals surface area contributed by atoms with Crippen molar-refractivity contribution >= 4 is 23.1 Å². The summed E-state index contributed by atoms with van der Waals surface area (Å²) in [4.78, 5) is 14.3. The van der Waals surface area contributed by atoms with Gasteiger partial charge in [-0.2, -0.15) is 0 Å². The highest BCUT2D eigenvalue weighted by atomic mass is 32.1. The van der Waals surface area contributed by atoms with Crippen molar-refractivity contribution in [2.24, 2.45) is 5.73 Å². The maximum absolute atomic E-state index is 12.2. The molecule has 0 fully saturated rings. The van der Waals surface area contributed by atoms with Gasteiger partial charge in [-0.15, -0.1) is 0 Å². The van der Waals surface area contributed by atoms with E-state index in [0.29, 0.717) is 42.4 Å². The molecule has 1 amide bonds. The molecule has 5 nitrogen and oxygen atoms in total. The molecule has 2 N–H and O–H groups in total. The van der Waals surface area contributed by atoms with Gasteiger partial charge in [-0.1, -0.05) is 12.2 Å². The summed E-state index contributed by atoms with van der Waals surface area (Å²) in [5.41, 5.74) is 5.99. The lowest BCUT2D eigenvalue weighted by molar-refractivity contribution is 0.0700. The molecule has 0 spiro atoms. The minimum atomic E-state index is -0.0971. The first-order chi connectivity index (χ1) is 8.54. The smallest absolute Gasteiger partial charge is 0.257 e. The second-order valence-electron chi connectivity index (χ2n) is 3.95. The Hall–Kier alpha value is -1.40. The van der Waals surface area contributed by atoms with Crippen LogP contribution in [-0.4, -0.2) is 42.6 Å². The Labute approximate surface area is 112 Å². The molecule has 0 radical (unpaired) electrons. The first-order valence-corrected chi connectivity index (χ1v) is 6.07. The Bertz CT molecular complexity index is 417. The molecule has 1 heterocycles. The third kappa shape index (κ3) is 4.46. The summed E-state index contributed by atoms with van der Waals surface area (Å²) in [6.07, 6.45) is 1.96. The van der Waals surface area contributed by atoms with Gasteiger partial charge in [0.2, 0.25) is 0 Å². The zero-order chi connectivity index (χ0) is 13.5. The van der Waals surface area contributed by atoms with Gasteiger partial charge in [0, 0.05) is 26.6 Å². The number of hydrogen-bond acceptors (Lipinski definition) is 4. The molecule has 1 aromatic heterocycles. The Balaban J connectivity index is 2.68. The number of aryl methyl sites for hydroxylation is 1. The summed E-state index contributed by atoms with van der Waals surface area (Å²) in [6, 6.07) is 1.71. The van der Waals surface area contributed by atoms with Crippen LogP contribution in [-0.2, 0) is 4.74 Å². The fourth-order valence-electron chi connectivity index (χ4n) is 1.50. The Kier molecular flexibility index (Phi) is 5.80. The van der Waals surface area contributed by atoms with Crippen LogP contribution in [0.1, 0.15) is 22.5 Å². The third-order valence-electron chi connectivity index (χ3n) is 2.46. The van der Waals surface area contributed by atoms with Crippen molar-refractivity contribution in [1.29, 1.82) is 0 Å². The van der Waals surface area contributed by atoms with E-state index in [-0.39, 0.29) is 5.91 Å². The van der Waals surface area contributed by atoms with E-state index in [0.717, 1.165) is 0 Å². The highest BCUT2D eigenvalue weighted by Crippen LogP contribution is 2.10. The third-order valence-corrected chi connectivity index (χ3v) is 2.66. The van der Waals surface area contributed by atoms with Crippen molar-refractivity contribution in [2.45, 2.75) is 13.3 Å². The number of nitrogens with zero attached hydrogens (tertiary/aromatic N) is 1. The van der Waals surface area contributed by atoms with Gasteiger partial charge in [0.15, 0.2) is 0 Å². The average Bonchev–Trinajstić information content (AvgIpc) is 2.75. The molecule has 0 aliphatic rings. The van der Waals surface area contributed by atoms with Crippen LogP contribution in [0.4, 0.5) is 0 Å². The van der Waals surface area contributed by atoms with Crippen molar-refractivity contribution in [3.63, 3.8) is 0 Å². The summed E-state index contributed by atoms with van der Waals surface area (Å²) >= 11 is 4.82. The van der Waals surface area contributed by atoms with Gasteiger partial charge in [0.05, 0.1) is 17.2 Å². The quantitative estimate of drug-likeness (QED) is 0.757. The van der Waals surface area contributed by atoms with E-state index in [1.165, 1.54) is 6.26 Å². The van der Waals surface area contributed by atoms with Gasteiger partial charge < -0.3 is 19.8 Å². The van der Waals surface area contributed by atoms with Crippen molar-refractivity contribution in [3.05, 3.63) is 23.7 Å². The molecular formula is C12H18N2O3S. The number of ether oxygens (including phenoxy) is 1. The first kappa shape index (κ1) is 14.7. The molecule has 0 atom stereocenters. The molecule has 0 bridgehead atoms. The number of methoxy groups -OCH3 is 1. The van der Waals surface area contributed by atoms with Crippen molar-refractivity contribution in [3.8, 4) is 0 Å². The van der Waals surface area contributed by atoms with Crippen LogP contribution in [0.25, 0.3) is 0 Å². The van der Waals surface area contributed by atoms with Crippen LogP contribution >= 0.6 is 12.2 Å². The minimum Gasteiger partial charge on any atom is -0.469 e. The highest BCUT2D eigenvalue weighted by Gasteiger charge is 2.17. The molecule has 0 saturated carbocycles. The van der Waals surface area contributed by atoms with Crippen molar-refractivity contribution < 1.29 is 13.9 Å². The fourth-order valence-corrected chi connectivity index (χ4v) is 1.59. The van der Waals surface area contributed by atoms with Crippen LogP contribution in [0, 0.1) is 6.92 Å². The molecule has 6 heteroatoms. The average molecular weight is 270 g/mol. The fraction of sp³-hybridized carbons (Fsp3) is 0.500. The summed E-state index contributed by atoms with van der Waals surface area (Å²) in [5.74, 6) is 0.611. The zero-order valence-corrected chi connectivity index (χ0v) is 11.5. The SMILES string of the molecule is COCCN(CCC(N)=S)C(=O)c1coc(C)c1. The van der Waals surface area contributed by atoms with E-state index in [1.807, 2.05) is 0 Å². The lowest BCUT2D eigenvalue weighted by atomic mass is 10.2. The molecule has 1 aromatic rings. The Morgan fingerprint density at radius 2 is 2.28 bits per heavy atom. The van der Waals surface area contributed by atoms with Crippen LogP contribution in [0.15, 0.2) is 16.7 Å². The lowest BCUT2D eigenvalue weighted by Crippen LogP contribution is -2.36. The molecule has 18 heavy (non-hydrogen) atoms. The van der Waals surface area contributed by atoms with Gasteiger partial charge in [-0.3, -0.25) is 4.79 Å². The normalized spacial score (nSPS) is 10.3. The first-order valence-electron chi connectivity index (χ1n) is 5.66. The molecule has 100 valence electrons. The number of rotatable bonds is 7. The second kappa shape index (κ2) is 7.13. The topological polar surface area (TPSA) is 68.7 Å². The summed E-state index contributed by atoms with van der Waals surface area (Å²) in [6.45, 7) is 3.26. The lowest BCUT2D eigenvalue weighted by Gasteiger charge is -2.21. The van der Waals surface area contributed by atoms with Gasteiger partial charge in [-0.05, 0) is 13.0 Å². The maximum atomic E-state index is 12.2. The van der Waals surface area contributed by atoms with Gasteiger partial charge in [0.25, 0.3) is 5.91 Å². The number of thiocarbonyl (C=S) groups is 1. The second-order valence-corrected chi connectivity index (χ2v) is 4.47. The molecular weight excluding hydrogens is 252 g/mol. The molecule has 1 rings (SSSR count). The highest BCUT2D eigenvalue weighted by molar-refractivity contribution is 7.80. The molecule has 0 aliphatic heterocycles. The monoisotopic (exact) mass is 270 g/mol. The predicted octanol–water partition coefficient (Wildman–Crippen LogP) is 1.35. The van der Waals surface area contributed by atoms with E-state index >= 15 is 0 Å². The Morgan fingerprint density at radius 3 is 2.78 bits per heavy atom.